The van der Waals surface area contributed by atoms with Crippen molar-refractivity contribution < 1.29 is 19.5 Å². The molecule has 0 fully saturated rings. The van der Waals surface area contributed by atoms with Crippen LogP contribution in [0.15, 0.2) is 30.3 Å². The van der Waals surface area contributed by atoms with Gasteiger partial charge in [0.2, 0.25) is 0 Å². The molecule has 10 heavy (non-hydrogen) atoms. The Morgan fingerprint density at radius 1 is 1.00 bits per heavy atom. The molecule has 0 aliphatic rings. The molecule has 0 spiro atoms. The third-order valence-corrected chi connectivity index (χ3v) is 1.27. The van der Waals surface area contributed by atoms with Gasteiger partial charge in [0, 0.05) is 39.3 Å². The van der Waals surface area contributed by atoms with Crippen LogP contribution in [0.25, 0.3) is 0 Å². The number of para-hydroxylation sites is 1. The van der Waals surface area contributed by atoms with E-state index in [0.29, 0.717) is 0 Å². The minimum Gasteiger partial charge on any atom is -0.378 e. The van der Waals surface area contributed by atoms with Crippen LogP contribution in [-0.2, 0) is 19.5 Å². The fourth-order valence-corrected chi connectivity index (χ4v) is 0.726. The van der Waals surface area contributed by atoms with Gasteiger partial charge in [-0.15, -0.1) is 0 Å². The first-order valence-corrected chi connectivity index (χ1v) is 3.03. The molecule has 50 valence electrons. The normalized spacial score (nSPS) is 8.20. The minimum atomic E-state index is 0. The van der Waals surface area contributed by atoms with Crippen molar-refractivity contribution in [1.82, 2.24) is 0 Å². The van der Waals surface area contributed by atoms with Crippen LogP contribution in [0.1, 0.15) is 0 Å². The average molecular weight is 187 g/mol. The van der Waals surface area contributed by atoms with Crippen molar-refractivity contribution in [2.75, 3.05) is 19.0 Å². The number of nitrogens with zero attached hydrogens (tertiary/aromatic N) is 1. The summed E-state index contributed by atoms with van der Waals surface area (Å²) < 4.78 is 0. The molecule has 1 aromatic rings. The Labute approximate surface area is 74.8 Å². The average Bonchev–Trinajstić information content (AvgIpc) is 1.90. The van der Waals surface area contributed by atoms with Gasteiger partial charge < -0.3 is 4.90 Å². The van der Waals surface area contributed by atoms with Gasteiger partial charge in [0.25, 0.3) is 0 Å². The first-order valence-electron chi connectivity index (χ1n) is 3.03. The maximum absolute atomic E-state index is 2.08. The van der Waals surface area contributed by atoms with Crippen LogP contribution >= 0.6 is 0 Å². The Kier molecular flexibility index (Phi) is 4.30. The van der Waals surface area contributed by atoms with Crippen LogP contribution in [-0.4, -0.2) is 14.1 Å². The van der Waals surface area contributed by atoms with E-state index in [2.05, 4.69) is 17.0 Å². The van der Waals surface area contributed by atoms with Gasteiger partial charge >= 0.3 is 0 Å². The fourth-order valence-electron chi connectivity index (χ4n) is 0.726. The SMILES string of the molecule is CN(C)c1ccccc1.[Zn]. The maximum atomic E-state index is 2.08. The molecule has 0 amide bonds. The van der Waals surface area contributed by atoms with Gasteiger partial charge in [0.1, 0.15) is 0 Å². The van der Waals surface area contributed by atoms with Crippen molar-refractivity contribution in [2.45, 2.75) is 0 Å². The van der Waals surface area contributed by atoms with Gasteiger partial charge in [-0.1, -0.05) is 18.2 Å². The zero-order chi connectivity index (χ0) is 6.69. The van der Waals surface area contributed by atoms with Crippen molar-refractivity contribution in [3.63, 3.8) is 0 Å². The number of rotatable bonds is 1. The first kappa shape index (κ1) is 9.64. The molecule has 0 bridgehead atoms. The Morgan fingerprint density at radius 3 is 1.80 bits per heavy atom. The van der Waals surface area contributed by atoms with Gasteiger partial charge in [-0.25, -0.2) is 0 Å². The third-order valence-electron chi connectivity index (χ3n) is 1.27. The Morgan fingerprint density at radius 2 is 1.50 bits per heavy atom. The summed E-state index contributed by atoms with van der Waals surface area (Å²) in [7, 11) is 4.07. The van der Waals surface area contributed by atoms with Gasteiger partial charge in [-0.3, -0.25) is 0 Å². The summed E-state index contributed by atoms with van der Waals surface area (Å²) in [5, 5.41) is 0. The molecule has 0 aliphatic heterocycles. The zero-order valence-corrected chi connectivity index (χ0v) is 9.51. The number of hydrogen-bond donors (Lipinski definition) is 0. The minimum absolute atomic E-state index is 0. The zero-order valence-electron chi connectivity index (χ0n) is 6.54. The summed E-state index contributed by atoms with van der Waals surface area (Å²) in [4.78, 5) is 2.08. The smallest absolute Gasteiger partial charge is 0.0360 e. The molecule has 0 unspecified atom stereocenters. The van der Waals surface area contributed by atoms with Crippen LogP contribution in [0.5, 0.6) is 0 Å². The van der Waals surface area contributed by atoms with Crippen LogP contribution < -0.4 is 4.90 Å². The maximum Gasteiger partial charge on any atom is 0.0360 e. The van der Waals surface area contributed by atoms with Crippen LogP contribution in [0.2, 0.25) is 0 Å². The molecule has 0 radical (unpaired) electrons. The molecule has 0 N–H and O–H groups in total. The molecule has 0 aliphatic carbocycles. The molecular formula is C8H11NZn. The van der Waals surface area contributed by atoms with E-state index in [9.17, 15) is 0 Å². The van der Waals surface area contributed by atoms with E-state index >= 15 is 0 Å². The van der Waals surface area contributed by atoms with Gasteiger partial charge in [-0.05, 0) is 12.1 Å². The van der Waals surface area contributed by atoms with E-state index in [-0.39, 0.29) is 19.5 Å². The van der Waals surface area contributed by atoms with Gasteiger partial charge in [0.05, 0.1) is 0 Å². The monoisotopic (exact) mass is 185 g/mol. The topological polar surface area (TPSA) is 3.24 Å². The van der Waals surface area contributed by atoms with Gasteiger partial charge in [0.15, 0.2) is 0 Å². The van der Waals surface area contributed by atoms with Gasteiger partial charge in [-0.2, -0.15) is 0 Å². The van der Waals surface area contributed by atoms with Crippen molar-refractivity contribution >= 4 is 5.69 Å². The Hall–Kier alpha value is -0.357. The Balaban J connectivity index is 0.000000810. The number of benzene rings is 1. The summed E-state index contributed by atoms with van der Waals surface area (Å²) in [5.41, 5.74) is 1.25. The first-order chi connectivity index (χ1) is 4.30. The predicted octanol–water partition coefficient (Wildman–Crippen LogP) is 1.75. The third kappa shape index (κ3) is 2.49. The van der Waals surface area contributed by atoms with Crippen molar-refractivity contribution in [3.8, 4) is 0 Å². The number of hydrogen-bond acceptors (Lipinski definition) is 1. The molecule has 0 aromatic heterocycles. The molecule has 0 saturated carbocycles. The molecule has 2 heteroatoms. The van der Waals surface area contributed by atoms with E-state index in [0.717, 1.165) is 0 Å². The summed E-state index contributed by atoms with van der Waals surface area (Å²) in [6.45, 7) is 0. The standard InChI is InChI=1S/C8H11N.Zn/c1-9(2)8-6-4-3-5-7-8;/h3-7H,1-2H3;. The summed E-state index contributed by atoms with van der Waals surface area (Å²) in [5.74, 6) is 0. The van der Waals surface area contributed by atoms with E-state index in [1.165, 1.54) is 5.69 Å². The Bertz CT molecular complexity index is 172. The molecule has 0 saturated heterocycles. The molecular weight excluding hydrogens is 175 g/mol. The second-order valence-corrected chi connectivity index (χ2v) is 2.23. The van der Waals surface area contributed by atoms with Crippen LogP contribution in [0.3, 0.4) is 0 Å². The fraction of sp³-hybridized carbons (Fsp3) is 0.250. The molecule has 1 nitrogen and oxygen atoms in total. The second-order valence-electron chi connectivity index (χ2n) is 2.23. The molecule has 1 rings (SSSR count). The van der Waals surface area contributed by atoms with E-state index < -0.39 is 0 Å². The largest absolute Gasteiger partial charge is 0.378 e. The molecule has 0 heterocycles. The van der Waals surface area contributed by atoms with Crippen LogP contribution in [0.4, 0.5) is 5.69 Å². The quantitative estimate of drug-likeness (QED) is 0.604. The second kappa shape index (κ2) is 4.46. The number of anilines is 1. The van der Waals surface area contributed by atoms with E-state index in [1.54, 1.807) is 0 Å². The van der Waals surface area contributed by atoms with Crippen molar-refractivity contribution in [1.29, 1.82) is 0 Å². The summed E-state index contributed by atoms with van der Waals surface area (Å²) in [6, 6.07) is 10.3. The summed E-state index contributed by atoms with van der Waals surface area (Å²) in [6.07, 6.45) is 0. The van der Waals surface area contributed by atoms with E-state index in [1.807, 2.05) is 32.3 Å². The van der Waals surface area contributed by atoms with Crippen molar-refractivity contribution in [2.24, 2.45) is 0 Å². The predicted molar refractivity (Wildman–Crippen MR) is 40.8 cm³/mol. The summed E-state index contributed by atoms with van der Waals surface area (Å²) >= 11 is 0. The van der Waals surface area contributed by atoms with E-state index in [4.69, 9.17) is 0 Å². The molecule has 1 aromatic carbocycles. The van der Waals surface area contributed by atoms with Crippen LogP contribution in [0, 0.1) is 0 Å². The van der Waals surface area contributed by atoms with Crippen molar-refractivity contribution in [3.05, 3.63) is 30.3 Å². The molecule has 0 atom stereocenters.